The third-order valence-electron chi connectivity index (χ3n) is 4.31. The molecular formula is C14H27N3O3. The van der Waals surface area contributed by atoms with Gasteiger partial charge in [0.05, 0.1) is 13.2 Å². The number of likely N-dealkylation sites (tertiary alicyclic amines) is 1. The van der Waals surface area contributed by atoms with E-state index < -0.39 is 0 Å². The number of alkyl carbamates (subject to hydrolysis) is 1. The summed E-state index contributed by atoms with van der Waals surface area (Å²) in [6, 6.07) is 0.0825. The molecule has 2 rings (SSSR count). The van der Waals surface area contributed by atoms with Crippen LogP contribution in [0.3, 0.4) is 0 Å². The molecule has 1 saturated carbocycles. The van der Waals surface area contributed by atoms with E-state index in [1.807, 2.05) is 0 Å². The van der Waals surface area contributed by atoms with Crippen molar-refractivity contribution in [2.45, 2.75) is 37.8 Å². The van der Waals surface area contributed by atoms with E-state index in [9.17, 15) is 9.90 Å². The monoisotopic (exact) mass is 285 g/mol. The maximum atomic E-state index is 11.4. The molecule has 0 bridgehead atoms. The lowest BCUT2D eigenvalue weighted by Gasteiger charge is -2.38. The molecule has 20 heavy (non-hydrogen) atoms. The van der Waals surface area contributed by atoms with Gasteiger partial charge in [-0.25, -0.2) is 4.79 Å². The first-order chi connectivity index (χ1) is 9.62. The Morgan fingerprint density at radius 1 is 1.50 bits per heavy atom. The third kappa shape index (κ3) is 4.61. The van der Waals surface area contributed by atoms with E-state index in [0.29, 0.717) is 18.4 Å². The number of aliphatic hydroxyl groups excluding tert-OH is 1. The molecule has 2 aliphatic rings. The highest BCUT2D eigenvalue weighted by atomic mass is 16.5. The quantitative estimate of drug-likeness (QED) is 0.647. The van der Waals surface area contributed by atoms with E-state index in [2.05, 4.69) is 15.0 Å². The number of ether oxygens (including phenoxy) is 1. The molecule has 1 aliphatic heterocycles. The highest BCUT2D eigenvalue weighted by molar-refractivity contribution is 5.67. The molecule has 2 fully saturated rings. The second-order valence-corrected chi connectivity index (χ2v) is 6.12. The number of carbonyl (C=O) groups excluding carboxylic acids is 1. The maximum absolute atomic E-state index is 11.4. The van der Waals surface area contributed by atoms with Gasteiger partial charge in [0.15, 0.2) is 0 Å². The molecule has 116 valence electrons. The number of methoxy groups -OCH3 is 1. The van der Waals surface area contributed by atoms with Crippen LogP contribution in [0.25, 0.3) is 0 Å². The zero-order valence-electron chi connectivity index (χ0n) is 12.3. The fourth-order valence-corrected chi connectivity index (χ4v) is 3.18. The molecule has 4 N–H and O–H groups in total. The number of carbonyl (C=O) groups is 1. The van der Waals surface area contributed by atoms with Gasteiger partial charge in [0.2, 0.25) is 0 Å². The van der Waals surface area contributed by atoms with Crippen molar-refractivity contribution < 1.29 is 14.6 Å². The Morgan fingerprint density at radius 3 is 2.85 bits per heavy atom. The minimum atomic E-state index is -0.383. The van der Waals surface area contributed by atoms with Crippen LogP contribution in [0.2, 0.25) is 0 Å². The zero-order chi connectivity index (χ0) is 14.5. The van der Waals surface area contributed by atoms with E-state index in [1.165, 1.54) is 7.11 Å². The average molecular weight is 285 g/mol. The summed E-state index contributed by atoms with van der Waals surface area (Å²) in [6.45, 7) is 3.21. The van der Waals surface area contributed by atoms with Gasteiger partial charge in [0.1, 0.15) is 0 Å². The Kier molecular flexibility index (Phi) is 5.63. The smallest absolute Gasteiger partial charge is 0.407 e. The fraction of sp³-hybridized carbons (Fsp3) is 0.929. The van der Waals surface area contributed by atoms with Gasteiger partial charge in [0.25, 0.3) is 0 Å². The number of nitrogens with zero attached hydrogens (tertiary/aromatic N) is 1. The van der Waals surface area contributed by atoms with E-state index >= 15 is 0 Å². The maximum Gasteiger partial charge on any atom is 0.407 e. The summed E-state index contributed by atoms with van der Waals surface area (Å²) in [4.78, 5) is 13.6. The summed E-state index contributed by atoms with van der Waals surface area (Å²) in [5.74, 6) is 0.917. The molecule has 3 unspecified atom stereocenters. The zero-order valence-corrected chi connectivity index (χ0v) is 12.3. The summed E-state index contributed by atoms with van der Waals surface area (Å²) in [7, 11) is 1.38. The molecular weight excluding hydrogens is 258 g/mol. The van der Waals surface area contributed by atoms with Gasteiger partial charge in [-0.05, 0) is 37.5 Å². The predicted octanol–water partition coefficient (Wildman–Crippen LogP) is 0.153. The summed E-state index contributed by atoms with van der Waals surface area (Å²) in [5, 5.41) is 13.0. The number of hydrogen-bond acceptors (Lipinski definition) is 5. The Hall–Kier alpha value is -0.850. The minimum Gasteiger partial charge on any atom is -0.453 e. The van der Waals surface area contributed by atoms with Gasteiger partial charge in [-0.3, -0.25) is 4.90 Å². The Bertz CT molecular complexity index is 323. The predicted molar refractivity (Wildman–Crippen MR) is 76.3 cm³/mol. The number of nitrogens with two attached hydrogens (primary N) is 1. The van der Waals surface area contributed by atoms with Crippen LogP contribution in [-0.4, -0.2) is 61.5 Å². The Balaban J connectivity index is 1.87. The molecule has 6 heteroatoms. The number of aliphatic hydroxyl groups is 1. The van der Waals surface area contributed by atoms with Crippen molar-refractivity contribution in [1.82, 2.24) is 10.2 Å². The van der Waals surface area contributed by atoms with Crippen LogP contribution < -0.4 is 11.1 Å². The number of nitrogens with one attached hydrogen (secondary N) is 1. The molecule has 1 heterocycles. The number of amides is 1. The topological polar surface area (TPSA) is 87.8 Å². The van der Waals surface area contributed by atoms with E-state index in [-0.39, 0.29) is 18.2 Å². The third-order valence-corrected chi connectivity index (χ3v) is 4.31. The summed E-state index contributed by atoms with van der Waals surface area (Å²) >= 11 is 0. The fourth-order valence-electron chi connectivity index (χ4n) is 3.18. The SMILES string of the molecule is COC(=O)NC1CC(CC(O)C2CC2)CN(CCN)C1. The van der Waals surface area contributed by atoms with Crippen molar-refractivity contribution in [3.05, 3.63) is 0 Å². The van der Waals surface area contributed by atoms with Gasteiger partial charge in [-0.15, -0.1) is 0 Å². The lowest BCUT2D eigenvalue weighted by atomic mass is 9.88. The van der Waals surface area contributed by atoms with Gasteiger partial charge in [-0.1, -0.05) is 0 Å². The second-order valence-electron chi connectivity index (χ2n) is 6.12. The molecule has 3 atom stereocenters. The van der Waals surface area contributed by atoms with Crippen molar-refractivity contribution in [2.75, 3.05) is 33.3 Å². The van der Waals surface area contributed by atoms with Gasteiger partial charge in [0, 0.05) is 32.2 Å². The summed E-state index contributed by atoms with van der Waals surface area (Å²) in [5.41, 5.74) is 5.63. The number of hydrogen-bond donors (Lipinski definition) is 3. The Labute approximate surface area is 120 Å². The lowest BCUT2D eigenvalue weighted by Crippen LogP contribution is -2.52. The molecule has 0 spiro atoms. The molecule has 0 radical (unpaired) electrons. The largest absolute Gasteiger partial charge is 0.453 e. The van der Waals surface area contributed by atoms with Gasteiger partial charge >= 0.3 is 6.09 Å². The van der Waals surface area contributed by atoms with Crippen LogP contribution in [-0.2, 0) is 4.74 Å². The van der Waals surface area contributed by atoms with Crippen molar-refractivity contribution in [1.29, 1.82) is 0 Å². The molecule has 1 saturated heterocycles. The molecule has 1 aliphatic carbocycles. The van der Waals surface area contributed by atoms with E-state index in [1.54, 1.807) is 0 Å². The molecule has 1 amide bonds. The molecule has 0 aromatic rings. The van der Waals surface area contributed by atoms with Crippen molar-refractivity contribution in [2.24, 2.45) is 17.6 Å². The summed E-state index contributed by atoms with van der Waals surface area (Å²) < 4.78 is 4.67. The van der Waals surface area contributed by atoms with Crippen LogP contribution in [0, 0.1) is 11.8 Å². The van der Waals surface area contributed by atoms with E-state index in [4.69, 9.17) is 5.73 Å². The first kappa shape index (κ1) is 15.5. The van der Waals surface area contributed by atoms with Crippen LogP contribution in [0.5, 0.6) is 0 Å². The first-order valence-electron chi connectivity index (χ1n) is 7.57. The molecule has 0 aromatic carbocycles. The highest BCUT2D eigenvalue weighted by Crippen LogP contribution is 2.36. The van der Waals surface area contributed by atoms with Gasteiger partial charge < -0.3 is 20.9 Å². The van der Waals surface area contributed by atoms with Crippen molar-refractivity contribution in [3.63, 3.8) is 0 Å². The number of piperidine rings is 1. The highest BCUT2D eigenvalue weighted by Gasteiger charge is 2.34. The summed E-state index contributed by atoms with van der Waals surface area (Å²) in [6.07, 6.45) is 3.47. The van der Waals surface area contributed by atoms with Crippen molar-refractivity contribution >= 4 is 6.09 Å². The molecule has 0 aromatic heterocycles. The van der Waals surface area contributed by atoms with Crippen LogP contribution in [0.1, 0.15) is 25.7 Å². The standard InChI is InChI=1S/C14H27N3O3/c1-20-14(19)16-12-6-10(7-13(18)11-2-3-11)8-17(9-12)5-4-15/h10-13,18H,2-9,15H2,1H3,(H,16,19). The van der Waals surface area contributed by atoms with E-state index in [0.717, 1.165) is 45.3 Å². The number of rotatable bonds is 6. The minimum absolute atomic E-state index is 0.0825. The Morgan fingerprint density at radius 2 is 2.25 bits per heavy atom. The normalized spacial score (nSPS) is 28.9. The average Bonchev–Trinajstić information content (AvgIpc) is 3.23. The van der Waals surface area contributed by atoms with Crippen LogP contribution >= 0.6 is 0 Å². The molecule has 6 nitrogen and oxygen atoms in total. The lowest BCUT2D eigenvalue weighted by molar-refractivity contribution is 0.0745. The van der Waals surface area contributed by atoms with Gasteiger partial charge in [-0.2, -0.15) is 0 Å². The van der Waals surface area contributed by atoms with Crippen LogP contribution in [0.15, 0.2) is 0 Å². The first-order valence-corrected chi connectivity index (χ1v) is 7.57. The second kappa shape index (κ2) is 7.24. The van der Waals surface area contributed by atoms with Crippen molar-refractivity contribution in [3.8, 4) is 0 Å². The van der Waals surface area contributed by atoms with Crippen LogP contribution in [0.4, 0.5) is 4.79 Å².